The molecule has 0 unspecified atom stereocenters. The highest BCUT2D eigenvalue weighted by Gasteiger charge is 2.22. The van der Waals surface area contributed by atoms with Crippen LogP contribution in [0.4, 0.5) is 0 Å². The van der Waals surface area contributed by atoms with Crippen molar-refractivity contribution in [1.29, 1.82) is 10.5 Å². The maximum absolute atomic E-state index is 9.32. The van der Waals surface area contributed by atoms with Gasteiger partial charge in [0.1, 0.15) is 12.1 Å². The van der Waals surface area contributed by atoms with Gasteiger partial charge in [-0.15, -0.1) is 0 Å². The third-order valence-corrected chi connectivity index (χ3v) is 7.88. The summed E-state index contributed by atoms with van der Waals surface area (Å²) in [5, 5.41) is 20.9. The highest BCUT2D eigenvalue weighted by atomic mass is 15.0. The molecule has 3 heterocycles. The Bertz CT molecular complexity index is 2020. The first-order chi connectivity index (χ1) is 20.5. The van der Waals surface area contributed by atoms with Crippen molar-refractivity contribution >= 4 is 21.8 Å². The molecule has 6 aromatic rings. The van der Waals surface area contributed by atoms with Gasteiger partial charge in [-0.05, 0) is 63.9 Å². The maximum Gasteiger partial charge on any atom is 0.232 e. The summed E-state index contributed by atoms with van der Waals surface area (Å²) < 4.78 is 2.30. The fraction of sp³-hybridized carbons (Fsp3) is 0.222. The summed E-state index contributed by atoms with van der Waals surface area (Å²) in [7, 11) is 0. The molecule has 0 saturated heterocycles. The third-order valence-electron chi connectivity index (χ3n) is 7.88. The molecular formula is C36H31N7. The highest BCUT2D eigenvalue weighted by Crippen LogP contribution is 2.40. The fourth-order valence-corrected chi connectivity index (χ4v) is 5.42. The van der Waals surface area contributed by atoms with E-state index < -0.39 is 0 Å². The topological polar surface area (TPSA) is 104 Å². The van der Waals surface area contributed by atoms with Crippen molar-refractivity contribution in [3.63, 3.8) is 0 Å². The van der Waals surface area contributed by atoms with Crippen molar-refractivity contribution in [2.75, 3.05) is 0 Å². The molecule has 43 heavy (non-hydrogen) atoms. The van der Waals surface area contributed by atoms with Crippen LogP contribution < -0.4 is 0 Å². The lowest BCUT2D eigenvalue weighted by atomic mass is 9.85. The zero-order valence-electron chi connectivity index (χ0n) is 25.1. The number of benzene rings is 3. The van der Waals surface area contributed by atoms with Gasteiger partial charge in [-0.3, -0.25) is 0 Å². The van der Waals surface area contributed by atoms with Gasteiger partial charge < -0.3 is 4.57 Å². The zero-order chi connectivity index (χ0) is 30.5. The molecule has 0 bridgehead atoms. The molecule has 0 atom stereocenters. The van der Waals surface area contributed by atoms with Crippen LogP contribution in [0.3, 0.4) is 0 Å². The first-order valence-electron chi connectivity index (χ1n) is 14.2. The average Bonchev–Trinajstić information content (AvgIpc) is 3.33. The van der Waals surface area contributed by atoms with Gasteiger partial charge in [-0.25, -0.2) is 19.9 Å². The Kier molecular flexibility index (Phi) is 6.55. The largest absolute Gasteiger partial charge is 0.309 e. The van der Waals surface area contributed by atoms with Crippen LogP contribution in [0.5, 0.6) is 0 Å². The van der Waals surface area contributed by atoms with Crippen molar-refractivity contribution < 1.29 is 0 Å². The number of aromatic nitrogens is 5. The van der Waals surface area contributed by atoms with Crippen LogP contribution >= 0.6 is 0 Å². The third kappa shape index (κ3) is 5.00. The van der Waals surface area contributed by atoms with E-state index in [2.05, 4.69) is 115 Å². The minimum absolute atomic E-state index is 0.0000515. The second-order valence-corrected chi connectivity index (χ2v) is 12.8. The molecule has 0 spiro atoms. The van der Waals surface area contributed by atoms with Crippen molar-refractivity contribution in [3.8, 4) is 40.1 Å². The molecule has 0 aliphatic rings. The molecule has 7 heteroatoms. The van der Waals surface area contributed by atoms with E-state index in [1.165, 1.54) is 21.9 Å². The second kappa shape index (κ2) is 10.2. The SMILES string of the molecule is CC(C)(C)c1ccc2c(c1)c1cc(C(C)(C)C)ccc1n2-c1ccc(-c2cnc(C#N)nc2)cc1-c1cnc(C#N)nc1. The summed E-state index contributed by atoms with van der Waals surface area (Å²) in [6.45, 7) is 13.4. The molecule has 6 rings (SSSR count). The standard InChI is InChI=1S/C36H31N7/c1-35(2,3)25-8-11-31-28(14-25)29-15-26(36(4,5)6)9-12-32(29)43(31)30-10-7-22(23-18-39-33(16-37)40-19-23)13-27(30)24-20-41-34(17-38)42-21-24/h7-15,18-21H,1-6H3. The van der Waals surface area contributed by atoms with E-state index in [9.17, 15) is 5.26 Å². The van der Waals surface area contributed by atoms with Crippen LogP contribution in [0.1, 0.15) is 64.3 Å². The molecule has 3 aromatic carbocycles. The lowest BCUT2D eigenvalue weighted by Crippen LogP contribution is -2.10. The quantitative estimate of drug-likeness (QED) is 0.217. The van der Waals surface area contributed by atoms with E-state index in [0.29, 0.717) is 0 Å². The molecular weight excluding hydrogens is 530 g/mol. The Labute approximate surface area is 251 Å². The molecule has 0 radical (unpaired) electrons. The monoisotopic (exact) mass is 561 g/mol. The minimum Gasteiger partial charge on any atom is -0.309 e. The van der Waals surface area contributed by atoms with Crippen molar-refractivity contribution in [2.24, 2.45) is 0 Å². The Hall–Kier alpha value is -5.40. The summed E-state index contributed by atoms with van der Waals surface area (Å²) in [5.41, 5.74) is 9.04. The summed E-state index contributed by atoms with van der Waals surface area (Å²) in [6.07, 6.45) is 6.68. The number of nitrogens with zero attached hydrogens (tertiary/aromatic N) is 7. The summed E-state index contributed by atoms with van der Waals surface area (Å²) in [4.78, 5) is 16.9. The minimum atomic E-state index is 0.0000515. The molecule has 0 saturated carbocycles. The molecule has 0 aliphatic carbocycles. The van der Waals surface area contributed by atoms with Crippen LogP contribution in [0.15, 0.2) is 79.4 Å². The Morgan fingerprint density at radius 2 is 1.02 bits per heavy atom. The highest BCUT2D eigenvalue weighted by molar-refractivity contribution is 6.10. The molecule has 3 aromatic heterocycles. The number of hydrogen-bond donors (Lipinski definition) is 0. The van der Waals surface area contributed by atoms with Gasteiger partial charge >= 0.3 is 0 Å². The van der Waals surface area contributed by atoms with Gasteiger partial charge in [0.15, 0.2) is 0 Å². The Morgan fingerprint density at radius 1 is 0.558 bits per heavy atom. The number of nitriles is 2. The fourth-order valence-electron chi connectivity index (χ4n) is 5.42. The van der Waals surface area contributed by atoms with E-state index in [4.69, 9.17) is 5.26 Å². The number of hydrogen-bond acceptors (Lipinski definition) is 6. The van der Waals surface area contributed by atoms with Gasteiger partial charge in [0.05, 0.1) is 16.7 Å². The van der Waals surface area contributed by atoms with Gasteiger partial charge in [-0.2, -0.15) is 10.5 Å². The summed E-state index contributed by atoms with van der Waals surface area (Å²) >= 11 is 0. The van der Waals surface area contributed by atoms with Crippen molar-refractivity contribution in [2.45, 2.75) is 52.4 Å². The van der Waals surface area contributed by atoms with Gasteiger partial charge in [0.2, 0.25) is 11.6 Å². The van der Waals surface area contributed by atoms with Gasteiger partial charge in [0.25, 0.3) is 0 Å². The van der Waals surface area contributed by atoms with Gasteiger partial charge in [-0.1, -0.05) is 59.7 Å². The average molecular weight is 562 g/mol. The maximum atomic E-state index is 9.32. The molecule has 0 aliphatic heterocycles. The van der Waals surface area contributed by atoms with Crippen LogP contribution in [0.25, 0.3) is 49.7 Å². The number of rotatable bonds is 3. The van der Waals surface area contributed by atoms with Gasteiger partial charge in [0, 0.05) is 52.3 Å². The van der Waals surface area contributed by atoms with E-state index in [-0.39, 0.29) is 22.5 Å². The van der Waals surface area contributed by atoms with Crippen LogP contribution in [0, 0.1) is 22.7 Å². The molecule has 0 amide bonds. The smallest absolute Gasteiger partial charge is 0.232 e. The van der Waals surface area contributed by atoms with Crippen LogP contribution in [-0.4, -0.2) is 24.5 Å². The van der Waals surface area contributed by atoms with Crippen LogP contribution in [0.2, 0.25) is 0 Å². The molecule has 0 fully saturated rings. The predicted octanol–water partition coefficient (Wildman–Crippen LogP) is 8.04. The molecule has 210 valence electrons. The first kappa shape index (κ1) is 27.8. The molecule has 0 N–H and O–H groups in total. The lowest BCUT2D eigenvalue weighted by molar-refractivity contribution is 0.590. The second-order valence-electron chi connectivity index (χ2n) is 12.8. The normalized spacial score (nSPS) is 11.9. The Morgan fingerprint density at radius 3 is 1.47 bits per heavy atom. The lowest BCUT2D eigenvalue weighted by Gasteiger charge is -2.19. The van der Waals surface area contributed by atoms with Crippen molar-refractivity contribution in [1.82, 2.24) is 24.5 Å². The van der Waals surface area contributed by atoms with E-state index in [1.807, 2.05) is 18.2 Å². The Balaban J connectivity index is 1.67. The zero-order valence-corrected chi connectivity index (χ0v) is 25.1. The first-order valence-corrected chi connectivity index (χ1v) is 14.2. The van der Waals surface area contributed by atoms with Crippen LogP contribution in [-0.2, 0) is 10.8 Å². The number of fused-ring (bicyclic) bond motifs is 3. The van der Waals surface area contributed by atoms with E-state index >= 15 is 0 Å². The molecule has 7 nitrogen and oxygen atoms in total. The van der Waals surface area contributed by atoms with E-state index in [1.54, 1.807) is 24.8 Å². The summed E-state index contributed by atoms with van der Waals surface area (Å²) in [5.74, 6) is 0.235. The summed E-state index contributed by atoms with van der Waals surface area (Å²) in [6, 6.07) is 23.7. The van der Waals surface area contributed by atoms with E-state index in [0.717, 1.165) is 39.0 Å². The van der Waals surface area contributed by atoms with Crippen molar-refractivity contribution in [3.05, 3.63) is 102 Å². The predicted molar refractivity (Wildman–Crippen MR) is 170 cm³/mol.